The first kappa shape index (κ1) is 22.9. The summed E-state index contributed by atoms with van der Waals surface area (Å²) in [4.78, 5) is 34.7. The molecule has 3 aliphatic rings. The summed E-state index contributed by atoms with van der Waals surface area (Å²) in [7, 11) is 0. The van der Waals surface area contributed by atoms with Crippen LogP contribution in [0, 0.1) is 17.6 Å². The highest BCUT2D eigenvalue weighted by Crippen LogP contribution is 2.41. The Morgan fingerprint density at radius 3 is 2.50 bits per heavy atom. The smallest absolute Gasteiger partial charge is 0.325 e. The number of nitrogens with zero attached hydrogens (tertiary/aromatic N) is 3. The average molecular weight is 471 g/mol. The first-order valence-corrected chi connectivity index (χ1v) is 11.8. The van der Waals surface area contributed by atoms with E-state index in [0.717, 1.165) is 18.9 Å². The van der Waals surface area contributed by atoms with Crippen molar-refractivity contribution < 1.29 is 23.1 Å². The summed E-state index contributed by atoms with van der Waals surface area (Å²) >= 11 is 0. The molecule has 2 aromatic rings. The normalized spacial score (nSPS) is 26.3. The van der Waals surface area contributed by atoms with Crippen LogP contribution in [0.4, 0.5) is 13.6 Å². The SMILES string of the molecule is O=C1N[C@](c2ccccn2)(C2CCN(Cc3cc(F)cc(F)c3)CC2)C(=O)N1C[C@H]1CCCO1. The third kappa shape index (κ3) is 4.30. The fourth-order valence-corrected chi connectivity index (χ4v) is 5.49. The Labute approximate surface area is 197 Å². The summed E-state index contributed by atoms with van der Waals surface area (Å²) in [5, 5.41) is 3.01. The molecule has 3 fully saturated rings. The van der Waals surface area contributed by atoms with Crippen molar-refractivity contribution in [1.29, 1.82) is 0 Å². The molecule has 0 unspecified atom stereocenters. The molecule has 0 aliphatic carbocycles. The van der Waals surface area contributed by atoms with Crippen molar-refractivity contribution in [2.45, 2.75) is 43.9 Å². The fraction of sp³-hybridized carbons (Fsp3) is 0.480. The van der Waals surface area contributed by atoms with E-state index in [9.17, 15) is 18.4 Å². The summed E-state index contributed by atoms with van der Waals surface area (Å²) in [5.41, 5.74) is -0.120. The molecule has 0 saturated carbocycles. The molecule has 3 amide bonds. The quantitative estimate of drug-likeness (QED) is 0.657. The largest absolute Gasteiger partial charge is 0.376 e. The lowest BCUT2D eigenvalue weighted by Crippen LogP contribution is -2.54. The zero-order valence-electron chi connectivity index (χ0n) is 18.9. The first-order valence-electron chi connectivity index (χ1n) is 11.8. The number of nitrogens with one attached hydrogen (secondary N) is 1. The maximum Gasteiger partial charge on any atom is 0.325 e. The zero-order valence-corrected chi connectivity index (χ0v) is 18.9. The van der Waals surface area contributed by atoms with Gasteiger partial charge in [-0.25, -0.2) is 13.6 Å². The summed E-state index contributed by atoms with van der Waals surface area (Å²) in [6.45, 7) is 2.57. The van der Waals surface area contributed by atoms with Gasteiger partial charge in [-0.2, -0.15) is 0 Å². The Kier molecular flexibility index (Phi) is 6.31. The number of ether oxygens (including phenoxy) is 1. The van der Waals surface area contributed by atoms with Crippen LogP contribution in [0.3, 0.4) is 0 Å². The third-order valence-corrected chi connectivity index (χ3v) is 7.14. The molecule has 0 bridgehead atoms. The number of hydrogen-bond donors (Lipinski definition) is 1. The maximum atomic E-state index is 13.8. The Morgan fingerprint density at radius 1 is 1.09 bits per heavy atom. The van der Waals surface area contributed by atoms with E-state index in [4.69, 9.17) is 4.74 Å². The Balaban J connectivity index is 1.35. The third-order valence-electron chi connectivity index (χ3n) is 7.14. The number of carbonyl (C=O) groups excluding carboxylic acids is 2. The van der Waals surface area contributed by atoms with Gasteiger partial charge in [0.1, 0.15) is 11.6 Å². The lowest BCUT2D eigenvalue weighted by Gasteiger charge is -2.40. The molecule has 1 aromatic carbocycles. The van der Waals surface area contributed by atoms with Crippen molar-refractivity contribution in [2.75, 3.05) is 26.2 Å². The second kappa shape index (κ2) is 9.38. The van der Waals surface area contributed by atoms with Gasteiger partial charge in [-0.15, -0.1) is 0 Å². The fourth-order valence-electron chi connectivity index (χ4n) is 5.49. The standard InChI is InChI=1S/C25H28F2N4O3/c26-19-12-17(13-20(27)14-19)15-30-9-6-18(7-10-30)25(22-5-1-2-8-28-22)23(32)31(24(33)29-25)16-21-4-3-11-34-21/h1-2,5,8,12-14,18,21H,3-4,6-7,9-11,15-16H2,(H,29,33)/t21-,25+/m1/s1. The molecule has 0 radical (unpaired) electrons. The first-order chi connectivity index (χ1) is 16.5. The van der Waals surface area contributed by atoms with E-state index < -0.39 is 23.2 Å². The highest BCUT2D eigenvalue weighted by Gasteiger charge is 2.58. The van der Waals surface area contributed by atoms with Gasteiger partial charge in [0, 0.05) is 25.4 Å². The highest BCUT2D eigenvalue weighted by molar-refractivity contribution is 6.07. The molecule has 1 aromatic heterocycles. The van der Waals surface area contributed by atoms with Gasteiger partial charge < -0.3 is 10.1 Å². The van der Waals surface area contributed by atoms with Crippen LogP contribution >= 0.6 is 0 Å². The maximum absolute atomic E-state index is 13.8. The molecule has 9 heteroatoms. The van der Waals surface area contributed by atoms with Crippen LogP contribution in [-0.2, 0) is 21.6 Å². The molecule has 7 nitrogen and oxygen atoms in total. The number of urea groups is 1. The number of rotatable bonds is 6. The topological polar surface area (TPSA) is 74.8 Å². The lowest BCUT2D eigenvalue weighted by atomic mass is 9.75. The molecular weight excluding hydrogens is 442 g/mol. The van der Waals surface area contributed by atoms with Crippen molar-refractivity contribution in [3.63, 3.8) is 0 Å². The molecule has 5 rings (SSSR count). The number of likely N-dealkylation sites (tertiary alicyclic amines) is 1. The number of piperidine rings is 1. The molecular formula is C25H28F2N4O3. The number of benzene rings is 1. The number of hydrogen-bond acceptors (Lipinski definition) is 5. The Hall–Kier alpha value is -2.91. The number of carbonyl (C=O) groups is 2. The molecule has 1 N–H and O–H groups in total. The van der Waals surface area contributed by atoms with Gasteiger partial charge in [0.2, 0.25) is 0 Å². The summed E-state index contributed by atoms with van der Waals surface area (Å²) in [6, 6.07) is 8.52. The summed E-state index contributed by atoms with van der Waals surface area (Å²) < 4.78 is 32.9. The number of amides is 3. The Bertz CT molecular complexity index is 1040. The summed E-state index contributed by atoms with van der Waals surface area (Å²) in [5.74, 6) is -1.62. The van der Waals surface area contributed by atoms with Crippen LogP contribution < -0.4 is 5.32 Å². The predicted octanol–water partition coefficient (Wildman–Crippen LogP) is 3.20. The van der Waals surface area contributed by atoms with Gasteiger partial charge in [-0.1, -0.05) is 6.07 Å². The molecule has 0 spiro atoms. The minimum atomic E-state index is -1.23. The molecule has 2 atom stereocenters. The Morgan fingerprint density at radius 2 is 1.85 bits per heavy atom. The van der Waals surface area contributed by atoms with E-state index in [0.29, 0.717) is 50.3 Å². The summed E-state index contributed by atoms with van der Waals surface area (Å²) in [6.07, 6.45) is 4.51. The van der Waals surface area contributed by atoms with Crippen molar-refractivity contribution in [1.82, 2.24) is 20.1 Å². The molecule has 34 heavy (non-hydrogen) atoms. The van der Waals surface area contributed by atoms with Crippen molar-refractivity contribution >= 4 is 11.9 Å². The van der Waals surface area contributed by atoms with Crippen molar-refractivity contribution in [2.24, 2.45) is 5.92 Å². The van der Waals surface area contributed by atoms with Crippen molar-refractivity contribution in [3.05, 3.63) is 65.5 Å². The highest BCUT2D eigenvalue weighted by atomic mass is 19.1. The number of halogens is 2. The minimum Gasteiger partial charge on any atom is -0.376 e. The van der Waals surface area contributed by atoms with E-state index in [1.54, 1.807) is 18.3 Å². The van der Waals surface area contributed by atoms with Gasteiger partial charge in [0.25, 0.3) is 5.91 Å². The lowest BCUT2D eigenvalue weighted by molar-refractivity contribution is -0.135. The van der Waals surface area contributed by atoms with Gasteiger partial charge in [-0.3, -0.25) is 19.6 Å². The van der Waals surface area contributed by atoms with Gasteiger partial charge in [0.15, 0.2) is 5.54 Å². The van der Waals surface area contributed by atoms with Crippen LogP contribution in [0.5, 0.6) is 0 Å². The zero-order chi connectivity index (χ0) is 23.7. The van der Waals surface area contributed by atoms with Crippen molar-refractivity contribution in [3.8, 4) is 0 Å². The molecule has 3 aliphatic heterocycles. The number of aromatic nitrogens is 1. The van der Waals surface area contributed by atoms with Gasteiger partial charge in [0.05, 0.1) is 18.3 Å². The molecule has 4 heterocycles. The van der Waals surface area contributed by atoms with E-state index in [2.05, 4.69) is 15.2 Å². The van der Waals surface area contributed by atoms with Crippen LogP contribution in [0.2, 0.25) is 0 Å². The predicted molar refractivity (Wildman–Crippen MR) is 119 cm³/mol. The van der Waals surface area contributed by atoms with Gasteiger partial charge in [-0.05, 0) is 74.5 Å². The van der Waals surface area contributed by atoms with Crippen LogP contribution in [0.15, 0.2) is 42.6 Å². The number of imide groups is 1. The molecule has 3 saturated heterocycles. The van der Waals surface area contributed by atoms with Crippen LogP contribution in [0.1, 0.15) is 36.9 Å². The minimum absolute atomic E-state index is 0.136. The second-order valence-corrected chi connectivity index (χ2v) is 9.33. The van der Waals surface area contributed by atoms with E-state index in [1.165, 1.54) is 17.0 Å². The average Bonchev–Trinajstić information content (AvgIpc) is 3.42. The second-order valence-electron chi connectivity index (χ2n) is 9.33. The number of pyridine rings is 1. The van der Waals surface area contributed by atoms with Crippen LogP contribution in [0.25, 0.3) is 0 Å². The monoisotopic (exact) mass is 470 g/mol. The van der Waals surface area contributed by atoms with E-state index in [1.807, 2.05) is 6.07 Å². The van der Waals surface area contributed by atoms with E-state index in [-0.39, 0.29) is 24.5 Å². The van der Waals surface area contributed by atoms with Gasteiger partial charge >= 0.3 is 6.03 Å². The van der Waals surface area contributed by atoms with E-state index >= 15 is 0 Å². The molecule has 180 valence electrons. The van der Waals surface area contributed by atoms with Crippen LogP contribution in [-0.4, -0.2) is 59.1 Å².